The van der Waals surface area contributed by atoms with Crippen LogP contribution in [0.25, 0.3) is 17.4 Å². The highest BCUT2D eigenvalue weighted by atomic mass is 32.2. The summed E-state index contributed by atoms with van der Waals surface area (Å²) in [5.74, 6) is 0.684. The summed E-state index contributed by atoms with van der Waals surface area (Å²) in [7, 11) is 0. The van der Waals surface area contributed by atoms with Crippen molar-refractivity contribution in [1.82, 2.24) is 4.90 Å². The van der Waals surface area contributed by atoms with E-state index in [1.807, 2.05) is 6.07 Å². The number of hydrogen-bond acceptors (Lipinski definition) is 6. The van der Waals surface area contributed by atoms with E-state index in [4.69, 9.17) is 21.4 Å². The summed E-state index contributed by atoms with van der Waals surface area (Å²) < 4.78 is 11.3. The van der Waals surface area contributed by atoms with Crippen molar-refractivity contribution in [3.8, 4) is 11.3 Å². The van der Waals surface area contributed by atoms with E-state index in [1.54, 1.807) is 49.4 Å². The second kappa shape index (κ2) is 8.37. The van der Waals surface area contributed by atoms with Gasteiger partial charge >= 0.3 is 5.97 Å². The average Bonchev–Trinajstić information content (AvgIpc) is 3.23. The van der Waals surface area contributed by atoms with E-state index in [0.717, 1.165) is 5.56 Å². The van der Waals surface area contributed by atoms with Crippen LogP contribution < -0.4 is 0 Å². The maximum Gasteiger partial charge on any atom is 0.338 e. The van der Waals surface area contributed by atoms with Gasteiger partial charge in [-0.15, -0.1) is 6.58 Å². The Morgan fingerprint density at radius 3 is 2.70 bits per heavy atom. The number of nitrogens with zero attached hydrogens (tertiary/aromatic N) is 1. The molecule has 0 atom stereocenters. The van der Waals surface area contributed by atoms with Crippen LogP contribution in [0.15, 0.2) is 58.4 Å². The highest BCUT2D eigenvalue weighted by Crippen LogP contribution is 2.33. The van der Waals surface area contributed by atoms with Crippen LogP contribution in [-0.2, 0) is 9.53 Å². The van der Waals surface area contributed by atoms with Crippen molar-refractivity contribution < 1.29 is 18.7 Å². The number of rotatable bonds is 6. The molecule has 27 heavy (non-hydrogen) atoms. The molecule has 0 N–H and O–H groups in total. The van der Waals surface area contributed by atoms with Gasteiger partial charge in [0.15, 0.2) is 0 Å². The summed E-state index contributed by atoms with van der Waals surface area (Å²) in [6, 6.07) is 10.6. The predicted octanol–water partition coefficient (Wildman–Crippen LogP) is 4.51. The summed E-state index contributed by atoms with van der Waals surface area (Å²) in [5, 5.41) is 0. The van der Waals surface area contributed by atoms with Crippen molar-refractivity contribution in [2.24, 2.45) is 0 Å². The Labute approximate surface area is 166 Å². The van der Waals surface area contributed by atoms with Crippen molar-refractivity contribution in [2.45, 2.75) is 6.92 Å². The summed E-state index contributed by atoms with van der Waals surface area (Å²) in [6.45, 7) is 6.12. The van der Waals surface area contributed by atoms with Crippen molar-refractivity contribution in [3.05, 3.63) is 65.3 Å². The maximum atomic E-state index is 12.4. The van der Waals surface area contributed by atoms with E-state index < -0.39 is 0 Å². The maximum absolute atomic E-state index is 12.4. The molecule has 0 unspecified atom stereocenters. The van der Waals surface area contributed by atoms with Crippen molar-refractivity contribution in [2.75, 3.05) is 13.2 Å². The summed E-state index contributed by atoms with van der Waals surface area (Å²) in [6.07, 6.45) is 3.32. The number of ether oxygens (including phenoxy) is 1. The number of thiocarbonyl (C=S) groups is 1. The Hall–Kier alpha value is -2.64. The molecule has 0 radical (unpaired) electrons. The predicted molar refractivity (Wildman–Crippen MR) is 110 cm³/mol. The van der Waals surface area contributed by atoms with E-state index >= 15 is 0 Å². The molecule has 2 aromatic rings. The van der Waals surface area contributed by atoms with Gasteiger partial charge in [0.1, 0.15) is 15.8 Å². The normalized spacial score (nSPS) is 15.4. The van der Waals surface area contributed by atoms with Crippen LogP contribution in [0, 0.1) is 0 Å². The fourth-order valence-corrected chi connectivity index (χ4v) is 3.74. The number of esters is 1. The molecule has 1 amide bonds. The van der Waals surface area contributed by atoms with Crippen LogP contribution >= 0.6 is 24.0 Å². The third-order valence-corrected chi connectivity index (χ3v) is 5.14. The first-order valence-electron chi connectivity index (χ1n) is 8.27. The van der Waals surface area contributed by atoms with E-state index in [2.05, 4.69) is 6.58 Å². The molecule has 1 aromatic heterocycles. The Morgan fingerprint density at radius 1 is 1.30 bits per heavy atom. The van der Waals surface area contributed by atoms with Gasteiger partial charge in [-0.3, -0.25) is 9.69 Å². The molecule has 1 aromatic carbocycles. The first kappa shape index (κ1) is 19.1. The molecule has 0 bridgehead atoms. The van der Waals surface area contributed by atoms with Crippen LogP contribution in [-0.4, -0.2) is 34.2 Å². The molecule has 1 saturated heterocycles. The van der Waals surface area contributed by atoms with Gasteiger partial charge < -0.3 is 9.15 Å². The molecule has 3 rings (SSSR count). The number of carbonyl (C=O) groups excluding carboxylic acids is 2. The lowest BCUT2D eigenvalue weighted by Crippen LogP contribution is -2.27. The Morgan fingerprint density at radius 2 is 2.04 bits per heavy atom. The molecule has 7 heteroatoms. The van der Waals surface area contributed by atoms with Gasteiger partial charge in [-0.05, 0) is 31.2 Å². The standard InChI is InChI=1S/C20H17NO4S2/c1-3-11-21-18(22)17(27-20(21)26)12-15-9-10-16(25-15)13-5-7-14(8-6-13)19(23)24-4-2/h3,5-10,12H,1,4,11H2,2H3/b17-12+. The summed E-state index contributed by atoms with van der Waals surface area (Å²) in [5.41, 5.74) is 1.31. The Balaban J connectivity index is 1.77. The second-order valence-corrected chi connectivity index (χ2v) is 7.26. The molecule has 1 aliphatic heterocycles. The molecule has 0 aliphatic carbocycles. The Kier molecular flexibility index (Phi) is 5.93. The lowest BCUT2D eigenvalue weighted by atomic mass is 10.1. The van der Waals surface area contributed by atoms with Crippen LogP contribution in [0.2, 0.25) is 0 Å². The van der Waals surface area contributed by atoms with Crippen LogP contribution in [0.4, 0.5) is 0 Å². The number of amides is 1. The van der Waals surface area contributed by atoms with E-state index in [0.29, 0.717) is 39.5 Å². The zero-order valence-electron chi connectivity index (χ0n) is 14.6. The van der Waals surface area contributed by atoms with Gasteiger partial charge in [-0.1, -0.05) is 42.2 Å². The zero-order valence-corrected chi connectivity index (χ0v) is 16.3. The van der Waals surface area contributed by atoms with Crippen LogP contribution in [0.3, 0.4) is 0 Å². The van der Waals surface area contributed by atoms with Gasteiger partial charge in [0.05, 0.1) is 17.1 Å². The highest BCUT2D eigenvalue weighted by molar-refractivity contribution is 8.26. The molecule has 0 spiro atoms. The van der Waals surface area contributed by atoms with Crippen LogP contribution in [0.5, 0.6) is 0 Å². The number of hydrogen-bond donors (Lipinski definition) is 0. The number of benzene rings is 1. The minimum absolute atomic E-state index is 0.151. The van der Waals surface area contributed by atoms with Crippen molar-refractivity contribution in [3.63, 3.8) is 0 Å². The molecule has 1 aliphatic rings. The molecule has 1 fully saturated rings. The first-order chi connectivity index (χ1) is 13.0. The quantitative estimate of drug-likeness (QED) is 0.308. The zero-order chi connectivity index (χ0) is 19.4. The first-order valence-corrected chi connectivity index (χ1v) is 9.49. The minimum atomic E-state index is -0.356. The summed E-state index contributed by atoms with van der Waals surface area (Å²) >= 11 is 6.46. The smallest absolute Gasteiger partial charge is 0.338 e. The van der Waals surface area contributed by atoms with E-state index in [-0.39, 0.29) is 11.9 Å². The van der Waals surface area contributed by atoms with E-state index in [9.17, 15) is 9.59 Å². The third kappa shape index (κ3) is 4.20. The lowest BCUT2D eigenvalue weighted by Gasteiger charge is -2.10. The van der Waals surface area contributed by atoms with Crippen molar-refractivity contribution in [1.29, 1.82) is 0 Å². The SMILES string of the molecule is C=CCN1C(=O)/C(=C\c2ccc(-c3ccc(C(=O)OCC)cc3)o2)SC1=S. The van der Waals surface area contributed by atoms with Gasteiger partial charge in [-0.25, -0.2) is 4.79 Å². The molecular weight excluding hydrogens is 382 g/mol. The minimum Gasteiger partial charge on any atom is -0.462 e. The van der Waals surface area contributed by atoms with Crippen LogP contribution in [0.1, 0.15) is 23.0 Å². The Bertz CT molecular complexity index is 928. The average molecular weight is 399 g/mol. The molecular formula is C20H17NO4S2. The lowest BCUT2D eigenvalue weighted by molar-refractivity contribution is -0.121. The number of furan rings is 1. The number of carbonyl (C=O) groups is 2. The van der Waals surface area contributed by atoms with Gasteiger partial charge in [0.25, 0.3) is 5.91 Å². The molecule has 2 heterocycles. The van der Waals surface area contributed by atoms with Gasteiger partial charge in [-0.2, -0.15) is 0 Å². The molecule has 5 nitrogen and oxygen atoms in total. The molecule has 138 valence electrons. The largest absolute Gasteiger partial charge is 0.462 e. The van der Waals surface area contributed by atoms with Gasteiger partial charge in [0.2, 0.25) is 0 Å². The third-order valence-electron chi connectivity index (χ3n) is 3.77. The van der Waals surface area contributed by atoms with E-state index in [1.165, 1.54) is 16.7 Å². The second-order valence-electron chi connectivity index (χ2n) is 5.58. The fraction of sp³-hybridized carbons (Fsp3) is 0.150. The van der Waals surface area contributed by atoms with Crippen molar-refractivity contribution >= 4 is 46.3 Å². The van der Waals surface area contributed by atoms with Gasteiger partial charge in [0, 0.05) is 18.2 Å². The highest BCUT2D eigenvalue weighted by Gasteiger charge is 2.31. The molecule has 0 saturated carbocycles. The summed E-state index contributed by atoms with van der Waals surface area (Å²) in [4.78, 5) is 26.1. The topological polar surface area (TPSA) is 59.8 Å². The fourth-order valence-electron chi connectivity index (χ4n) is 2.49. The number of thioether (sulfide) groups is 1. The monoisotopic (exact) mass is 399 g/mol.